The summed E-state index contributed by atoms with van der Waals surface area (Å²) in [6, 6.07) is 0. The lowest BCUT2D eigenvalue weighted by Gasteiger charge is -2.28. The minimum absolute atomic E-state index is 0.0315. The molecule has 36 heteroatoms. The number of phosphoric ester groups is 2. The molecule has 0 spiro atoms. The van der Waals surface area contributed by atoms with E-state index in [4.69, 9.17) is 51.6 Å². The summed E-state index contributed by atoms with van der Waals surface area (Å²) in [6.45, 7) is -5.49. The number of aliphatic hydroxyl groups is 1. The van der Waals surface area contributed by atoms with Crippen LogP contribution in [0.25, 0.3) is 0 Å². The van der Waals surface area contributed by atoms with Gasteiger partial charge in [-0.3, -0.25) is 61.9 Å². The number of amides is 7. The van der Waals surface area contributed by atoms with E-state index in [-0.39, 0.29) is 95.8 Å². The molecular formula is C58H88N4O30P2-2. The van der Waals surface area contributed by atoms with Crippen LogP contribution >= 0.6 is 15.6 Å². The van der Waals surface area contributed by atoms with Gasteiger partial charge in [0.05, 0.1) is 26.4 Å². The van der Waals surface area contributed by atoms with E-state index in [1.807, 2.05) is 0 Å². The van der Waals surface area contributed by atoms with Gasteiger partial charge in [0.25, 0.3) is 51.1 Å². The van der Waals surface area contributed by atoms with Crippen LogP contribution in [0.2, 0.25) is 0 Å². The van der Waals surface area contributed by atoms with Crippen molar-refractivity contribution >= 4 is 98.8 Å². The summed E-state index contributed by atoms with van der Waals surface area (Å²) >= 11 is 0. The molecule has 0 bridgehead atoms. The van der Waals surface area contributed by atoms with Crippen molar-refractivity contribution in [3.63, 3.8) is 0 Å². The Balaban J connectivity index is 1.46. The zero-order chi connectivity index (χ0) is 69.3. The van der Waals surface area contributed by atoms with Crippen LogP contribution in [0.5, 0.6) is 0 Å². The van der Waals surface area contributed by atoms with Crippen LogP contribution < -0.4 is 15.1 Å². The molecule has 0 aliphatic carbocycles. The highest BCUT2D eigenvalue weighted by atomic mass is 31.2. The highest BCUT2D eigenvalue weighted by Gasteiger charge is 2.35. The Kier molecular flexibility index (Phi) is 39.7. The molecular weight excluding hydrogens is 1290 g/mol. The van der Waals surface area contributed by atoms with Crippen molar-refractivity contribution in [3.05, 3.63) is 0 Å². The van der Waals surface area contributed by atoms with Gasteiger partial charge in [0.15, 0.2) is 12.2 Å². The number of nitrogens with zero attached hydrogens (tertiary/aromatic N) is 3. The van der Waals surface area contributed by atoms with Crippen LogP contribution in [-0.4, -0.2) is 168 Å². The fourth-order valence-corrected chi connectivity index (χ4v) is 10.5. The molecule has 94 heavy (non-hydrogen) atoms. The van der Waals surface area contributed by atoms with E-state index in [9.17, 15) is 91.1 Å². The number of hydrogen-bond acceptors (Lipinski definition) is 30. The first-order chi connectivity index (χ1) is 44.8. The summed E-state index contributed by atoms with van der Waals surface area (Å²) in [5.74, 6) is -9.02. The second-order valence-corrected chi connectivity index (χ2v) is 25.0. The molecule has 3 aliphatic rings. The SMILES string of the molecule is CNC(=O)CCCCCCCC(=O)O[C@H](COC(=O)CCCCCCCC(=O)ON1C(=O)CCC1=O)COP(=O)([O-])OCC(O)COP(=O)([O-])OC[C@@H](COC(=O)CCCCCCCC(=O)ON1C(=O)CCC1=O)OC(=O)CCCCCCCC(=O)ON1C(=O)CCC1=O. The van der Waals surface area contributed by atoms with Gasteiger partial charge < -0.3 is 71.8 Å². The van der Waals surface area contributed by atoms with E-state index in [0.29, 0.717) is 137 Å². The number of imide groups is 3. The van der Waals surface area contributed by atoms with Gasteiger partial charge in [-0.25, -0.2) is 14.4 Å². The number of ether oxygens (including phenoxy) is 4. The van der Waals surface area contributed by atoms with Crippen LogP contribution in [0.15, 0.2) is 0 Å². The Bertz CT molecular complexity index is 2590. The summed E-state index contributed by atoms with van der Waals surface area (Å²) in [5.41, 5.74) is 0. The Morgan fingerprint density at radius 1 is 0.372 bits per heavy atom. The Morgan fingerprint density at radius 3 is 0.883 bits per heavy atom. The molecule has 2 N–H and O–H groups in total. The average Bonchev–Trinajstić information content (AvgIpc) is 1.79. The van der Waals surface area contributed by atoms with Crippen LogP contribution in [0.1, 0.15) is 218 Å². The maximum absolute atomic E-state index is 12.9. The zero-order valence-electron chi connectivity index (χ0n) is 53.0. The van der Waals surface area contributed by atoms with Crippen molar-refractivity contribution in [2.75, 3.05) is 46.7 Å². The lowest BCUT2D eigenvalue weighted by Crippen LogP contribution is -2.31. The molecule has 3 fully saturated rings. The molecule has 5 atom stereocenters. The molecule has 0 saturated carbocycles. The van der Waals surface area contributed by atoms with Gasteiger partial charge in [-0.1, -0.05) is 77.0 Å². The number of aliphatic hydroxyl groups excluding tert-OH is 1. The molecule has 0 aromatic rings. The van der Waals surface area contributed by atoms with Crippen molar-refractivity contribution in [2.24, 2.45) is 0 Å². The predicted molar refractivity (Wildman–Crippen MR) is 312 cm³/mol. The van der Waals surface area contributed by atoms with Crippen LogP contribution in [0.3, 0.4) is 0 Å². The van der Waals surface area contributed by atoms with Gasteiger partial charge in [0, 0.05) is 96.9 Å². The number of rotatable bonds is 53. The van der Waals surface area contributed by atoms with Crippen molar-refractivity contribution in [2.45, 2.75) is 237 Å². The molecule has 0 aromatic heterocycles. The second kappa shape index (κ2) is 45.7. The molecule has 532 valence electrons. The van der Waals surface area contributed by atoms with E-state index in [1.165, 1.54) is 7.05 Å². The number of esters is 4. The van der Waals surface area contributed by atoms with Crippen LogP contribution in [0, 0.1) is 0 Å². The standard InChI is InChI=1S/C58H90N4O30P2/c1-59-45(64)22-14-6-2-9-17-25-54(73)88-43(38-82-52(71)23-15-7-3-11-19-27-56(75)90-60-46(65)30-31-47(60)66)40-86-93(78,79)84-36-42(63)37-85-94(80,81)87-41-44(89-55(74)26-18-10-5-13-21-29-58(77)92-62-50(69)34-35-51(62)70)39-83-53(72)24-16-8-4-12-20-28-57(76)91-61-48(67)32-33-49(61)68/h42-44,63H,2-41H2,1H3,(H,59,64)(H,78,79)(H,80,81)/p-2/t42?,43-,44-/m1/s1. The lowest BCUT2D eigenvalue weighted by molar-refractivity contribution is -0.233. The third-order valence-corrected chi connectivity index (χ3v) is 16.0. The number of carbonyl (C=O) groups is 14. The molecule has 34 nitrogen and oxygen atoms in total. The monoisotopic (exact) mass is 1380 g/mol. The molecule has 0 radical (unpaired) electrons. The second-order valence-electron chi connectivity index (χ2n) is 22.2. The Morgan fingerprint density at radius 2 is 0.606 bits per heavy atom. The number of hydroxylamine groups is 6. The highest BCUT2D eigenvalue weighted by molar-refractivity contribution is 7.46. The van der Waals surface area contributed by atoms with Crippen molar-refractivity contribution in [3.8, 4) is 0 Å². The van der Waals surface area contributed by atoms with E-state index in [2.05, 4.69) is 5.32 Å². The minimum Gasteiger partial charge on any atom is -0.756 e. The largest absolute Gasteiger partial charge is 0.756 e. The van der Waals surface area contributed by atoms with Gasteiger partial charge in [-0.2, -0.15) is 0 Å². The van der Waals surface area contributed by atoms with Crippen molar-refractivity contribution < 1.29 is 143 Å². The van der Waals surface area contributed by atoms with Gasteiger partial charge >= 0.3 is 41.8 Å². The average molecular weight is 1380 g/mol. The van der Waals surface area contributed by atoms with E-state index in [1.54, 1.807) is 0 Å². The number of phosphoric acid groups is 2. The summed E-state index contributed by atoms with van der Waals surface area (Å²) in [7, 11) is -9.27. The highest BCUT2D eigenvalue weighted by Crippen LogP contribution is 2.41. The smallest absolute Gasteiger partial charge is 0.333 e. The van der Waals surface area contributed by atoms with E-state index in [0.717, 1.165) is 6.42 Å². The van der Waals surface area contributed by atoms with Gasteiger partial charge in [-0.05, 0) is 51.4 Å². The number of carbonyl (C=O) groups excluding carboxylic acids is 14. The summed E-state index contributed by atoms with van der Waals surface area (Å²) < 4.78 is 66.0. The minimum atomic E-state index is -5.41. The van der Waals surface area contributed by atoms with Crippen molar-refractivity contribution in [1.29, 1.82) is 0 Å². The normalized spacial score (nSPS) is 16.3. The maximum Gasteiger partial charge on any atom is 0.333 e. The molecule has 0 aromatic carbocycles. The molecule has 3 unspecified atom stereocenters. The van der Waals surface area contributed by atoms with E-state index >= 15 is 0 Å². The summed E-state index contributed by atoms with van der Waals surface area (Å²) in [4.78, 5) is 209. The first-order valence-corrected chi connectivity index (χ1v) is 34.7. The molecule has 3 heterocycles. The van der Waals surface area contributed by atoms with Gasteiger partial charge in [0.1, 0.15) is 19.3 Å². The third kappa shape index (κ3) is 36.9. The van der Waals surface area contributed by atoms with Gasteiger partial charge in [-0.15, -0.1) is 15.2 Å². The fourth-order valence-electron chi connectivity index (χ4n) is 8.90. The van der Waals surface area contributed by atoms with Crippen LogP contribution in [-0.2, 0) is 128 Å². The molecule has 3 rings (SSSR count). The molecule has 3 aliphatic heterocycles. The first-order valence-electron chi connectivity index (χ1n) is 31.7. The maximum atomic E-state index is 12.9. The number of nitrogens with one attached hydrogen (secondary N) is 1. The number of hydrogen-bond donors (Lipinski definition) is 2. The summed E-state index contributed by atoms with van der Waals surface area (Å²) in [5, 5.41) is 14.4. The predicted octanol–water partition coefficient (Wildman–Crippen LogP) is 3.75. The van der Waals surface area contributed by atoms with Crippen molar-refractivity contribution in [1.82, 2.24) is 20.5 Å². The zero-order valence-corrected chi connectivity index (χ0v) is 54.8. The Hall–Kier alpha value is -6.64. The Labute approximate surface area is 543 Å². The van der Waals surface area contributed by atoms with E-state index < -0.39 is 151 Å². The fraction of sp³-hybridized carbons (Fsp3) is 0.759. The van der Waals surface area contributed by atoms with Crippen LogP contribution in [0.4, 0.5) is 0 Å². The summed E-state index contributed by atoms with van der Waals surface area (Å²) in [6.07, 6.45) is 4.49. The quantitative estimate of drug-likeness (QED) is 0.0288. The molecule has 3 saturated heterocycles. The van der Waals surface area contributed by atoms with Gasteiger partial charge in [0.2, 0.25) is 5.91 Å². The topological polar surface area (TPSA) is 463 Å². The first kappa shape index (κ1) is 81.6. The number of unbranched alkanes of at least 4 members (excludes halogenated alkanes) is 16. The third-order valence-electron chi connectivity index (χ3n) is 14.1. The lowest BCUT2D eigenvalue weighted by atomic mass is 10.1. The molecule has 7 amide bonds.